The van der Waals surface area contributed by atoms with Crippen LogP contribution in [0.3, 0.4) is 0 Å². The van der Waals surface area contributed by atoms with Gasteiger partial charge in [0.1, 0.15) is 23.9 Å². The molecule has 3 aromatic rings. The van der Waals surface area contributed by atoms with Crippen LogP contribution < -0.4 is 0 Å². The zero-order valence-electron chi connectivity index (χ0n) is 16.9. The molecule has 0 saturated carbocycles. The Balaban J connectivity index is 0.00000300. The van der Waals surface area contributed by atoms with Gasteiger partial charge in [-0.1, -0.05) is 41.5 Å². The summed E-state index contributed by atoms with van der Waals surface area (Å²) in [6.07, 6.45) is -1.70. The normalized spacial score (nSPS) is 12.7. The van der Waals surface area contributed by atoms with Crippen molar-refractivity contribution in [3.63, 3.8) is 0 Å². The molecule has 0 fully saturated rings. The van der Waals surface area contributed by atoms with Crippen LogP contribution in [0.15, 0.2) is 33.5 Å². The molecule has 3 rings (SSSR count). The fraction of sp³-hybridized carbons (Fsp3) is 0.450. The summed E-state index contributed by atoms with van der Waals surface area (Å²) in [5, 5.41) is 0. The van der Waals surface area contributed by atoms with Crippen LogP contribution in [0, 0.1) is 0 Å². The average molecular weight is 452 g/mol. The van der Waals surface area contributed by atoms with Crippen molar-refractivity contribution in [2.24, 2.45) is 0 Å². The number of rotatable bonds is 2. The summed E-state index contributed by atoms with van der Waals surface area (Å²) in [6, 6.07) is 1.82. The predicted molar refractivity (Wildman–Crippen MR) is 97.6 cm³/mol. The molecule has 0 aliphatic carbocycles. The van der Waals surface area contributed by atoms with Crippen LogP contribution >= 0.6 is 0 Å². The Morgan fingerprint density at radius 2 is 1.07 bits per heavy atom. The van der Waals surface area contributed by atoms with Gasteiger partial charge in [-0.05, 0) is 12.1 Å². The fourth-order valence-electron chi connectivity index (χ4n) is 2.39. The maximum absolute atomic E-state index is 13.4. The van der Waals surface area contributed by atoms with E-state index in [1.807, 2.05) is 41.5 Å². The summed E-state index contributed by atoms with van der Waals surface area (Å²) in [6.45, 7) is 11.6. The molecule has 0 aromatic carbocycles. The molecule has 1 radical (unpaired) electrons. The second kappa shape index (κ2) is 7.60. The SMILES string of the molecule is CC(C)(C)c1coc(-c2cc(C(F)(F)F)cc(-c3nc(C(C)(C)C)co3)n2)n1.[Co]. The van der Waals surface area contributed by atoms with Gasteiger partial charge in [0.15, 0.2) is 0 Å². The largest absolute Gasteiger partial charge is 0.443 e. The molecule has 29 heavy (non-hydrogen) atoms. The van der Waals surface area contributed by atoms with Gasteiger partial charge in [0.05, 0.1) is 17.0 Å². The molecule has 0 aliphatic rings. The Morgan fingerprint density at radius 3 is 1.34 bits per heavy atom. The second-order valence-electron chi connectivity index (χ2n) is 8.70. The van der Waals surface area contributed by atoms with Crippen molar-refractivity contribution in [2.75, 3.05) is 0 Å². The number of pyridine rings is 1. The van der Waals surface area contributed by atoms with E-state index in [0.29, 0.717) is 11.4 Å². The van der Waals surface area contributed by atoms with E-state index in [4.69, 9.17) is 8.83 Å². The first kappa shape index (κ1) is 23.1. The summed E-state index contributed by atoms with van der Waals surface area (Å²) in [4.78, 5) is 12.9. The fourth-order valence-corrected chi connectivity index (χ4v) is 2.39. The minimum absolute atomic E-state index is 0. The molecule has 0 atom stereocenters. The number of alkyl halides is 3. The number of oxazole rings is 2. The monoisotopic (exact) mass is 452 g/mol. The van der Waals surface area contributed by atoms with Gasteiger partial charge in [-0.3, -0.25) is 0 Å². The Labute approximate surface area is 177 Å². The van der Waals surface area contributed by atoms with E-state index in [2.05, 4.69) is 15.0 Å². The van der Waals surface area contributed by atoms with Gasteiger partial charge in [-0.25, -0.2) is 15.0 Å². The Morgan fingerprint density at radius 1 is 0.690 bits per heavy atom. The topological polar surface area (TPSA) is 65.0 Å². The second-order valence-corrected chi connectivity index (χ2v) is 8.70. The van der Waals surface area contributed by atoms with E-state index in [1.54, 1.807) is 0 Å². The van der Waals surface area contributed by atoms with Crippen molar-refractivity contribution in [1.29, 1.82) is 0 Å². The minimum Gasteiger partial charge on any atom is -0.443 e. The van der Waals surface area contributed by atoms with Crippen LogP contribution in [0.2, 0.25) is 0 Å². The van der Waals surface area contributed by atoms with Crippen LogP contribution in [0.5, 0.6) is 0 Å². The van der Waals surface area contributed by atoms with Gasteiger partial charge in [0.25, 0.3) is 0 Å². The standard InChI is InChI=1S/C20H22F3N3O2.Co/c1-18(2,3)14-9-27-16(25-14)12-7-11(20(21,22)23)8-13(24-12)17-26-15(10-28-17)19(4,5)6;/h7-10H,1-6H3;. The van der Waals surface area contributed by atoms with Crippen LogP contribution in [0.1, 0.15) is 58.5 Å². The molecule has 159 valence electrons. The molecule has 0 aliphatic heterocycles. The molecule has 5 nitrogen and oxygen atoms in total. The van der Waals surface area contributed by atoms with Crippen LogP contribution in [0.4, 0.5) is 13.2 Å². The third-order valence-electron chi connectivity index (χ3n) is 4.14. The van der Waals surface area contributed by atoms with E-state index in [1.165, 1.54) is 12.5 Å². The molecule has 9 heteroatoms. The van der Waals surface area contributed by atoms with Gasteiger partial charge >= 0.3 is 6.18 Å². The van der Waals surface area contributed by atoms with Crippen molar-refractivity contribution in [2.45, 2.75) is 58.5 Å². The summed E-state index contributed by atoms with van der Waals surface area (Å²) >= 11 is 0. The third kappa shape index (κ3) is 5.08. The number of nitrogens with zero attached hydrogens (tertiary/aromatic N) is 3. The molecule has 0 bridgehead atoms. The van der Waals surface area contributed by atoms with Gasteiger partial charge < -0.3 is 8.83 Å². The van der Waals surface area contributed by atoms with Gasteiger partial charge in [-0.15, -0.1) is 0 Å². The van der Waals surface area contributed by atoms with Crippen LogP contribution in [-0.4, -0.2) is 15.0 Å². The van der Waals surface area contributed by atoms with Crippen molar-refractivity contribution in [3.05, 3.63) is 41.6 Å². The summed E-state index contributed by atoms with van der Waals surface area (Å²) in [5.74, 6) is 0.0275. The quantitative estimate of drug-likeness (QED) is 0.477. The molecule has 0 saturated heterocycles. The average Bonchev–Trinajstić information content (AvgIpc) is 3.22. The van der Waals surface area contributed by atoms with Gasteiger partial charge in [0.2, 0.25) is 11.8 Å². The zero-order chi connectivity index (χ0) is 20.9. The van der Waals surface area contributed by atoms with Crippen molar-refractivity contribution >= 4 is 0 Å². The maximum Gasteiger partial charge on any atom is 0.416 e. The first-order chi connectivity index (χ1) is 12.7. The number of hydrogen-bond donors (Lipinski definition) is 0. The smallest absolute Gasteiger partial charge is 0.416 e. The van der Waals surface area contributed by atoms with E-state index in [0.717, 1.165) is 12.1 Å². The number of halogens is 3. The van der Waals surface area contributed by atoms with Crippen molar-refractivity contribution < 1.29 is 38.8 Å². The Kier molecular flexibility index (Phi) is 6.07. The summed E-state index contributed by atoms with van der Waals surface area (Å²) in [5.41, 5.74) is -0.318. The van der Waals surface area contributed by atoms with E-state index >= 15 is 0 Å². The predicted octanol–water partition coefficient (Wildman–Crippen LogP) is 6.00. The Hall–Kier alpha value is -2.13. The summed E-state index contributed by atoms with van der Waals surface area (Å²) in [7, 11) is 0. The minimum atomic E-state index is -4.56. The molecule has 3 heterocycles. The van der Waals surface area contributed by atoms with Crippen LogP contribution in [-0.2, 0) is 33.8 Å². The number of hydrogen-bond acceptors (Lipinski definition) is 5. The molecule has 3 aromatic heterocycles. The molecule has 0 spiro atoms. The molecular weight excluding hydrogens is 430 g/mol. The molecule has 0 amide bonds. The zero-order valence-corrected chi connectivity index (χ0v) is 18.0. The Bertz CT molecular complexity index is 925. The van der Waals surface area contributed by atoms with Gasteiger partial charge in [0, 0.05) is 27.6 Å². The molecular formula is C20H22CoF3N3O2. The van der Waals surface area contributed by atoms with E-state index < -0.39 is 11.7 Å². The van der Waals surface area contributed by atoms with Crippen LogP contribution in [0.25, 0.3) is 23.2 Å². The van der Waals surface area contributed by atoms with Gasteiger partial charge in [-0.2, -0.15) is 13.2 Å². The summed E-state index contributed by atoms with van der Waals surface area (Å²) < 4.78 is 51.1. The first-order valence-electron chi connectivity index (χ1n) is 8.77. The van der Waals surface area contributed by atoms with Crippen molar-refractivity contribution in [1.82, 2.24) is 15.0 Å². The third-order valence-corrected chi connectivity index (χ3v) is 4.14. The number of aromatic nitrogens is 3. The molecule has 0 unspecified atom stereocenters. The first-order valence-corrected chi connectivity index (χ1v) is 8.77. The molecule has 0 N–H and O–H groups in total. The van der Waals surface area contributed by atoms with Crippen molar-refractivity contribution in [3.8, 4) is 23.2 Å². The van der Waals surface area contributed by atoms with E-state index in [-0.39, 0.29) is 50.8 Å². The van der Waals surface area contributed by atoms with E-state index in [9.17, 15) is 13.2 Å². The maximum atomic E-state index is 13.4.